The molecular weight excluding hydrogens is 306 g/mol. The zero-order chi connectivity index (χ0) is 15.9. The third kappa shape index (κ3) is 4.13. The van der Waals surface area contributed by atoms with Gasteiger partial charge in [-0.05, 0) is 17.7 Å². The van der Waals surface area contributed by atoms with Gasteiger partial charge in [0.25, 0.3) is 5.69 Å². The summed E-state index contributed by atoms with van der Waals surface area (Å²) in [7, 11) is 1.26. The molecule has 2 rings (SSSR count). The molecule has 0 unspecified atom stereocenters. The molecule has 1 N–H and O–H groups in total. The Morgan fingerprint density at radius 1 is 1.55 bits per heavy atom. The summed E-state index contributed by atoms with van der Waals surface area (Å²) in [5.41, 5.74) is 3.38. The maximum absolute atomic E-state index is 11.2. The van der Waals surface area contributed by atoms with Crippen molar-refractivity contribution in [3.63, 3.8) is 0 Å². The van der Waals surface area contributed by atoms with Crippen LogP contribution in [0.1, 0.15) is 11.3 Å². The molecule has 0 amide bonds. The van der Waals surface area contributed by atoms with Crippen molar-refractivity contribution in [3.8, 4) is 0 Å². The second-order valence-electron chi connectivity index (χ2n) is 4.22. The quantitative estimate of drug-likeness (QED) is 0.381. The number of nitrogens with zero attached hydrogens (tertiary/aromatic N) is 2. The summed E-state index contributed by atoms with van der Waals surface area (Å²) >= 11 is 1.46. The molecule has 8 heteroatoms. The fraction of sp³-hybridized carbons (Fsp3) is 0.143. The summed E-state index contributed by atoms with van der Waals surface area (Å²) < 4.78 is 4.48. The van der Waals surface area contributed by atoms with Gasteiger partial charge in [-0.2, -0.15) is 0 Å². The lowest BCUT2D eigenvalue weighted by Crippen LogP contribution is -2.03. The van der Waals surface area contributed by atoms with Crippen molar-refractivity contribution in [2.75, 3.05) is 12.4 Å². The fourth-order valence-corrected chi connectivity index (χ4v) is 2.25. The predicted molar refractivity (Wildman–Crippen MR) is 83.6 cm³/mol. The van der Waals surface area contributed by atoms with Gasteiger partial charge in [0, 0.05) is 17.5 Å². The lowest BCUT2D eigenvalue weighted by molar-refractivity contribution is -0.384. The highest BCUT2D eigenvalue weighted by Crippen LogP contribution is 2.26. The van der Waals surface area contributed by atoms with Crippen molar-refractivity contribution in [1.82, 2.24) is 4.98 Å². The van der Waals surface area contributed by atoms with Crippen molar-refractivity contribution in [3.05, 3.63) is 56.5 Å². The Labute approximate surface area is 130 Å². The van der Waals surface area contributed by atoms with Gasteiger partial charge < -0.3 is 10.1 Å². The average Bonchev–Trinajstić information content (AvgIpc) is 3.04. The lowest BCUT2D eigenvalue weighted by Gasteiger charge is -2.06. The van der Waals surface area contributed by atoms with E-state index in [2.05, 4.69) is 15.0 Å². The normalized spacial score (nSPS) is 10.6. The first-order valence-electron chi connectivity index (χ1n) is 6.25. The molecule has 0 atom stereocenters. The second-order valence-corrected chi connectivity index (χ2v) is 4.94. The number of benzene rings is 1. The van der Waals surface area contributed by atoms with Crippen LogP contribution in [0.2, 0.25) is 0 Å². The number of nitro groups is 1. The predicted octanol–water partition coefficient (Wildman–Crippen LogP) is 2.85. The van der Waals surface area contributed by atoms with Gasteiger partial charge in [-0.3, -0.25) is 10.1 Å². The first-order valence-corrected chi connectivity index (χ1v) is 7.20. The molecule has 0 fully saturated rings. The average molecular weight is 319 g/mol. The van der Waals surface area contributed by atoms with Crippen molar-refractivity contribution in [2.45, 2.75) is 6.54 Å². The van der Waals surface area contributed by atoms with Gasteiger partial charge in [-0.15, -0.1) is 11.3 Å². The maximum atomic E-state index is 11.2. The number of esters is 1. The van der Waals surface area contributed by atoms with E-state index in [9.17, 15) is 14.9 Å². The Kier molecular flexibility index (Phi) is 5.21. The fourth-order valence-electron chi connectivity index (χ4n) is 1.70. The molecular formula is C14H13N3O4S. The summed E-state index contributed by atoms with van der Waals surface area (Å²) in [6.45, 7) is 0.404. The number of aromatic nitrogens is 1. The van der Waals surface area contributed by atoms with E-state index in [1.165, 1.54) is 36.7 Å². The topological polar surface area (TPSA) is 94.4 Å². The van der Waals surface area contributed by atoms with Gasteiger partial charge in [-0.1, -0.05) is 6.07 Å². The number of carbonyl (C=O) groups excluding carboxylic acids is 1. The van der Waals surface area contributed by atoms with Crippen molar-refractivity contribution >= 4 is 34.8 Å². The number of rotatable bonds is 6. The van der Waals surface area contributed by atoms with E-state index in [1.807, 2.05) is 5.38 Å². The minimum atomic E-state index is -0.520. The van der Waals surface area contributed by atoms with Crippen LogP contribution in [0.15, 0.2) is 35.2 Å². The number of carbonyl (C=O) groups is 1. The molecule has 7 nitrogen and oxygen atoms in total. The Balaban J connectivity index is 2.18. The molecule has 0 aliphatic rings. The van der Waals surface area contributed by atoms with E-state index in [0.29, 0.717) is 17.8 Å². The van der Waals surface area contributed by atoms with Crippen molar-refractivity contribution in [2.24, 2.45) is 0 Å². The van der Waals surface area contributed by atoms with Crippen LogP contribution in [0, 0.1) is 10.1 Å². The largest absolute Gasteiger partial charge is 0.466 e. The highest BCUT2D eigenvalue weighted by molar-refractivity contribution is 7.07. The standard InChI is InChI=1S/C14H13N3O4S/c1-21-14(18)5-3-10-2-4-12(13(6-10)17(19)20)15-7-11-8-22-9-16-11/h2-6,8-9,15H,7H2,1H3/b5-3+. The zero-order valence-corrected chi connectivity index (χ0v) is 12.5. The summed E-state index contributed by atoms with van der Waals surface area (Å²) in [5, 5.41) is 16.0. The summed E-state index contributed by atoms with van der Waals surface area (Å²) in [5.74, 6) is -0.520. The molecule has 2 aromatic rings. The Bertz CT molecular complexity index is 698. The number of anilines is 1. The number of methoxy groups -OCH3 is 1. The smallest absolute Gasteiger partial charge is 0.330 e. The number of ether oxygens (including phenoxy) is 1. The number of hydrogen-bond acceptors (Lipinski definition) is 7. The summed E-state index contributed by atoms with van der Waals surface area (Å²) in [6.07, 6.45) is 2.67. The molecule has 1 heterocycles. The van der Waals surface area contributed by atoms with Crippen LogP contribution in [0.25, 0.3) is 6.08 Å². The maximum Gasteiger partial charge on any atom is 0.330 e. The van der Waals surface area contributed by atoms with Crippen LogP contribution >= 0.6 is 11.3 Å². The molecule has 0 bridgehead atoms. The van der Waals surface area contributed by atoms with Gasteiger partial charge in [0.05, 0.1) is 29.8 Å². The Morgan fingerprint density at radius 2 is 2.36 bits per heavy atom. The van der Waals surface area contributed by atoms with E-state index < -0.39 is 10.9 Å². The molecule has 0 aliphatic heterocycles. The van der Waals surface area contributed by atoms with Gasteiger partial charge >= 0.3 is 5.97 Å². The third-order valence-electron chi connectivity index (χ3n) is 2.77. The number of nitrogens with one attached hydrogen (secondary N) is 1. The Morgan fingerprint density at radius 3 is 3.00 bits per heavy atom. The van der Waals surface area contributed by atoms with E-state index in [1.54, 1.807) is 17.6 Å². The van der Waals surface area contributed by atoms with Crippen LogP contribution in [0.4, 0.5) is 11.4 Å². The zero-order valence-electron chi connectivity index (χ0n) is 11.7. The van der Waals surface area contributed by atoms with Gasteiger partial charge in [0.15, 0.2) is 0 Å². The van der Waals surface area contributed by atoms with E-state index in [-0.39, 0.29) is 5.69 Å². The lowest BCUT2D eigenvalue weighted by atomic mass is 10.1. The van der Waals surface area contributed by atoms with E-state index in [4.69, 9.17) is 0 Å². The summed E-state index contributed by atoms with van der Waals surface area (Å²) in [6, 6.07) is 4.67. The third-order valence-corrected chi connectivity index (χ3v) is 3.41. The number of nitro benzene ring substituents is 1. The van der Waals surface area contributed by atoms with Gasteiger partial charge in [-0.25, -0.2) is 9.78 Å². The van der Waals surface area contributed by atoms with Crippen LogP contribution in [-0.2, 0) is 16.1 Å². The van der Waals surface area contributed by atoms with Gasteiger partial charge in [0.2, 0.25) is 0 Å². The van der Waals surface area contributed by atoms with Crippen LogP contribution < -0.4 is 5.32 Å². The van der Waals surface area contributed by atoms with Crippen LogP contribution in [0.3, 0.4) is 0 Å². The van der Waals surface area contributed by atoms with E-state index >= 15 is 0 Å². The molecule has 0 spiro atoms. The van der Waals surface area contributed by atoms with Gasteiger partial charge in [0.1, 0.15) is 5.69 Å². The summed E-state index contributed by atoms with van der Waals surface area (Å²) in [4.78, 5) is 25.8. The monoisotopic (exact) mass is 319 g/mol. The highest BCUT2D eigenvalue weighted by atomic mass is 32.1. The molecule has 22 heavy (non-hydrogen) atoms. The molecule has 0 aliphatic carbocycles. The Hall–Kier alpha value is -2.74. The van der Waals surface area contributed by atoms with Crippen LogP contribution in [0.5, 0.6) is 0 Å². The second kappa shape index (κ2) is 7.32. The SMILES string of the molecule is COC(=O)/C=C/c1ccc(NCc2cscn2)c([N+](=O)[O-])c1. The van der Waals surface area contributed by atoms with E-state index in [0.717, 1.165) is 5.69 Å². The molecule has 1 aromatic heterocycles. The first kappa shape index (κ1) is 15.6. The molecule has 0 saturated heterocycles. The minimum absolute atomic E-state index is 0.0674. The first-order chi connectivity index (χ1) is 10.6. The minimum Gasteiger partial charge on any atom is -0.466 e. The molecule has 1 aromatic carbocycles. The number of hydrogen-bond donors (Lipinski definition) is 1. The van der Waals surface area contributed by atoms with Crippen LogP contribution in [-0.4, -0.2) is 23.0 Å². The highest BCUT2D eigenvalue weighted by Gasteiger charge is 2.14. The molecule has 0 radical (unpaired) electrons. The number of thiazole rings is 1. The van der Waals surface area contributed by atoms with Crippen molar-refractivity contribution in [1.29, 1.82) is 0 Å². The van der Waals surface area contributed by atoms with Crippen molar-refractivity contribution < 1.29 is 14.5 Å². The molecule has 0 saturated carbocycles. The molecule has 114 valence electrons.